The summed E-state index contributed by atoms with van der Waals surface area (Å²) in [5.74, 6) is 0.407. The minimum atomic E-state index is -5.28. The smallest absolute Gasteiger partial charge is 0.408 e. The van der Waals surface area contributed by atoms with E-state index in [9.17, 15) is 35.5 Å². The average Bonchev–Trinajstić information content (AvgIpc) is 2.65. The molecule has 3 nitrogen and oxygen atoms in total. The summed E-state index contributed by atoms with van der Waals surface area (Å²) in [6.45, 7) is 0. The van der Waals surface area contributed by atoms with E-state index in [2.05, 4.69) is 11.2 Å². The van der Waals surface area contributed by atoms with Crippen molar-refractivity contribution in [1.82, 2.24) is 0 Å². The number of carbonyl (C=O) groups excluding carboxylic acids is 1. The van der Waals surface area contributed by atoms with Crippen LogP contribution in [0, 0.1) is 17.0 Å². The monoisotopic (exact) mass is 599 g/mol. The third-order valence-corrected chi connectivity index (χ3v) is 4.91. The number of ether oxygens (including phenoxy) is 1. The van der Waals surface area contributed by atoms with Gasteiger partial charge in [-0.3, -0.25) is 4.90 Å². The first-order chi connectivity index (χ1) is 15.1. The molecule has 2 rings (SSSR count). The van der Waals surface area contributed by atoms with Gasteiger partial charge in [-0.15, -0.1) is 0 Å². The summed E-state index contributed by atoms with van der Waals surface area (Å²) in [6, 6.07) is 4.76. The summed E-state index contributed by atoms with van der Waals surface area (Å²) in [5.41, 5.74) is -4.06. The zero-order valence-corrected chi connectivity index (χ0v) is 20.1. The maximum Gasteiger partial charge on any atom is 0.420 e. The Morgan fingerprint density at radius 3 is 2.03 bits per heavy atom. The Morgan fingerprint density at radius 1 is 1.00 bits per heavy atom. The number of rotatable bonds is 3. The summed E-state index contributed by atoms with van der Waals surface area (Å²) in [4.78, 5) is 14.0. The molecule has 0 aliphatic carbocycles. The van der Waals surface area contributed by atoms with Crippen molar-refractivity contribution >= 4 is 65.5 Å². The van der Waals surface area contributed by atoms with E-state index in [0.29, 0.717) is 6.07 Å². The molecule has 0 heterocycles. The van der Waals surface area contributed by atoms with Crippen LogP contribution in [0.3, 0.4) is 0 Å². The first-order valence-electron chi connectivity index (χ1n) is 8.94. The molecule has 0 aromatic heterocycles. The summed E-state index contributed by atoms with van der Waals surface area (Å²) in [7, 11) is 5.45. The van der Waals surface area contributed by atoms with E-state index in [1.807, 2.05) is 0 Å². The lowest BCUT2D eigenvalue weighted by Crippen LogP contribution is -2.55. The van der Waals surface area contributed by atoms with Gasteiger partial charge in [-0.1, -0.05) is 5.92 Å². The molecule has 1 amide bonds. The number of benzene rings is 2. The van der Waals surface area contributed by atoms with Crippen molar-refractivity contribution in [2.24, 2.45) is 0 Å². The standard InChI is InChI=1S/C18H12B3F7INO2S/c19-18(20,21)30(12-3-1-11(22)2-4-12)15(31)32-14-9(5-6-33-29)7-10(16(23,24)25)8-13(14)17(26,27)28/h1-4,7-8H,19-21H2. The number of nitrogens with zero attached hydrogens (tertiary/aromatic N) is 1. The van der Waals surface area contributed by atoms with Gasteiger partial charge in [0.05, 0.1) is 11.1 Å². The molecule has 0 atom stereocenters. The molecule has 33 heavy (non-hydrogen) atoms. The van der Waals surface area contributed by atoms with Crippen LogP contribution in [0.4, 0.5) is 41.2 Å². The largest absolute Gasteiger partial charge is 0.420 e. The van der Waals surface area contributed by atoms with Gasteiger partial charge in [0.25, 0.3) is 0 Å². The van der Waals surface area contributed by atoms with E-state index >= 15 is 0 Å². The highest BCUT2D eigenvalue weighted by atomic mass is 127. The molecule has 0 spiro atoms. The summed E-state index contributed by atoms with van der Waals surface area (Å²) in [5, 5.41) is 1.25. The summed E-state index contributed by atoms with van der Waals surface area (Å²) >= 11 is 1.68. The molecule has 0 aliphatic rings. The van der Waals surface area contributed by atoms with E-state index in [4.69, 9.17) is 4.74 Å². The molecule has 0 radical (unpaired) electrons. The number of hydrogen-bond donors (Lipinski definition) is 0. The van der Waals surface area contributed by atoms with Crippen LogP contribution in [0.5, 0.6) is 5.75 Å². The van der Waals surface area contributed by atoms with Crippen molar-refractivity contribution in [3.05, 3.63) is 58.9 Å². The Balaban J connectivity index is 2.70. The molecule has 0 unspecified atom stereocenters. The zero-order chi connectivity index (χ0) is 25.2. The molecule has 15 heteroatoms. The number of anilines is 1. The normalized spacial score (nSPS) is 12.0. The Hall–Kier alpha value is -1.95. The van der Waals surface area contributed by atoms with E-state index < -0.39 is 51.9 Å². The van der Waals surface area contributed by atoms with E-state index in [1.165, 1.54) is 12.1 Å². The molecule has 0 bridgehead atoms. The molecule has 0 aliphatic heterocycles. The van der Waals surface area contributed by atoms with Crippen LogP contribution >= 0.6 is 30.1 Å². The molecular weight excluding hydrogens is 587 g/mol. The minimum Gasteiger partial charge on any atom is -0.408 e. The number of amides is 1. The maximum atomic E-state index is 13.7. The Bertz CT molecular complexity index is 1090. The number of carbonyl (C=O) groups is 1. The first kappa shape index (κ1) is 27.3. The Labute approximate surface area is 203 Å². The van der Waals surface area contributed by atoms with E-state index in [0.717, 1.165) is 26.0 Å². The van der Waals surface area contributed by atoms with E-state index in [1.54, 1.807) is 44.7 Å². The fraction of sp³-hybridized carbons (Fsp3) is 0.167. The Morgan fingerprint density at radius 2 is 1.58 bits per heavy atom. The van der Waals surface area contributed by atoms with Crippen molar-refractivity contribution in [2.75, 3.05) is 4.90 Å². The van der Waals surface area contributed by atoms with Crippen LogP contribution < -0.4 is 9.64 Å². The average molecular weight is 599 g/mol. The second-order valence-electron chi connectivity index (χ2n) is 7.55. The molecule has 0 saturated carbocycles. The molecule has 172 valence electrons. The molecule has 2 aromatic rings. The fourth-order valence-corrected chi connectivity index (χ4v) is 3.25. The first-order valence-corrected chi connectivity index (χ1v) is 12.3. The second kappa shape index (κ2) is 10.1. The SMILES string of the molecule is BC(B)(B)N(C(=O)Oc1c(C#CSI)cc(C(F)(F)F)cc1C(F)(F)F)c1ccc(F)cc1. The quantitative estimate of drug-likeness (QED) is 0.233. The van der Waals surface area contributed by atoms with Crippen LogP contribution in [0.1, 0.15) is 16.7 Å². The van der Waals surface area contributed by atoms with Gasteiger partial charge >= 0.3 is 18.4 Å². The summed E-state index contributed by atoms with van der Waals surface area (Å²) < 4.78 is 99.1. The third kappa shape index (κ3) is 7.02. The van der Waals surface area contributed by atoms with E-state index in [-0.39, 0.29) is 11.8 Å². The van der Waals surface area contributed by atoms with Gasteiger partial charge in [0, 0.05) is 26.9 Å². The highest BCUT2D eigenvalue weighted by Crippen LogP contribution is 2.43. The van der Waals surface area contributed by atoms with Gasteiger partial charge in [-0.05, 0) is 55.8 Å². The summed E-state index contributed by atoms with van der Waals surface area (Å²) in [6.07, 6.45) is -11.7. The predicted octanol–water partition coefficient (Wildman–Crippen LogP) is 3.77. The topological polar surface area (TPSA) is 29.5 Å². The van der Waals surface area contributed by atoms with Crippen molar-refractivity contribution in [1.29, 1.82) is 0 Å². The Kier molecular flexibility index (Phi) is 8.38. The van der Waals surface area contributed by atoms with Gasteiger partial charge in [-0.25, -0.2) is 9.18 Å². The second-order valence-corrected chi connectivity index (χ2v) is 9.23. The van der Waals surface area contributed by atoms with Gasteiger partial charge in [0.15, 0.2) is 5.75 Å². The lowest BCUT2D eigenvalue weighted by Gasteiger charge is -2.35. The van der Waals surface area contributed by atoms with Gasteiger partial charge in [0.2, 0.25) is 0 Å². The van der Waals surface area contributed by atoms with Crippen molar-refractivity contribution < 1.29 is 40.3 Å². The number of alkyl halides is 6. The van der Waals surface area contributed by atoms with Crippen molar-refractivity contribution in [3.63, 3.8) is 0 Å². The number of hydrogen-bond acceptors (Lipinski definition) is 3. The van der Waals surface area contributed by atoms with Crippen LogP contribution in [0.2, 0.25) is 0 Å². The van der Waals surface area contributed by atoms with Gasteiger partial charge < -0.3 is 4.74 Å². The fourth-order valence-electron chi connectivity index (χ4n) is 2.77. The molecular formula is C18H12B3F7INO2S. The minimum absolute atomic E-state index is 0.102. The van der Waals surface area contributed by atoms with Crippen LogP contribution in [0.15, 0.2) is 36.4 Å². The van der Waals surface area contributed by atoms with Crippen LogP contribution in [-0.2, 0) is 12.4 Å². The zero-order valence-electron chi connectivity index (χ0n) is 17.2. The highest BCUT2D eigenvalue weighted by molar-refractivity contribution is 14.2. The number of halogens is 8. The molecule has 2 aromatic carbocycles. The molecule has 0 fully saturated rings. The molecule has 0 N–H and O–H groups in total. The van der Waals surface area contributed by atoms with Gasteiger partial charge in [-0.2, -0.15) is 26.3 Å². The third-order valence-electron chi connectivity index (χ3n) is 4.07. The predicted molar refractivity (Wildman–Crippen MR) is 128 cm³/mol. The van der Waals surface area contributed by atoms with Crippen molar-refractivity contribution in [2.45, 2.75) is 17.6 Å². The molecule has 0 saturated heterocycles. The van der Waals surface area contributed by atoms with Crippen LogP contribution in [-0.4, -0.2) is 34.9 Å². The maximum absolute atomic E-state index is 13.7. The van der Waals surface area contributed by atoms with Crippen LogP contribution in [0.25, 0.3) is 0 Å². The highest BCUT2D eigenvalue weighted by Gasteiger charge is 2.42. The van der Waals surface area contributed by atoms with Crippen molar-refractivity contribution in [3.8, 4) is 16.9 Å². The lowest BCUT2D eigenvalue weighted by atomic mass is 9.48. The van der Waals surface area contributed by atoms with Gasteiger partial charge in [0.1, 0.15) is 34.9 Å². The lowest BCUT2D eigenvalue weighted by molar-refractivity contribution is -0.143.